The predicted octanol–water partition coefficient (Wildman–Crippen LogP) is 2.01. The molecule has 1 amide bonds. The maximum Gasteiger partial charge on any atom is 0.288 e. The lowest BCUT2D eigenvalue weighted by atomic mass is 9.73. The average Bonchev–Trinajstić information content (AvgIpc) is 3.06. The summed E-state index contributed by atoms with van der Waals surface area (Å²) in [5.74, 6) is 0.981. The van der Waals surface area contributed by atoms with E-state index < -0.39 is 0 Å². The number of carbonyl (C=O) groups is 1. The smallest absolute Gasteiger partial charge is 0.288 e. The first-order valence-electron chi connectivity index (χ1n) is 9.20. The second-order valence-corrected chi connectivity index (χ2v) is 7.51. The molecule has 6 nitrogen and oxygen atoms in total. The maximum atomic E-state index is 13.4. The van der Waals surface area contributed by atoms with Gasteiger partial charge in [0.05, 0.1) is 0 Å². The summed E-state index contributed by atoms with van der Waals surface area (Å²) in [4.78, 5) is 14.4. The van der Waals surface area contributed by atoms with Crippen LogP contribution in [0.3, 0.4) is 0 Å². The van der Waals surface area contributed by atoms with Gasteiger partial charge < -0.3 is 9.88 Å². The van der Waals surface area contributed by atoms with Crippen molar-refractivity contribution in [2.45, 2.75) is 38.8 Å². The number of aromatic nitrogens is 3. The first-order valence-corrected chi connectivity index (χ1v) is 9.20. The highest BCUT2D eigenvalue weighted by Gasteiger charge is 2.39. The van der Waals surface area contributed by atoms with Crippen molar-refractivity contribution < 1.29 is 9.18 Å². The molecule has 0 atom stereocenters. The molecule has 2 aliphatic heterocycles. The van der Waals surface area contributed by atoms with Gasteiger partial charge in [-0.05, 0) is 55.5 Å². The van der Waals surface area contributed by atoms with Gasteiger partial charge in [0.25, 0.3) is 5.91 Å². The first kappa shape index (κ1) is 17.1. The molecule has 1 aromatic carbocycles. The number of carbonyl (C=O) groups excluding carboxylic acids is 1. The zero-order chi connectivity index (χ0) is 18.1. The Morgan fingerprint density at radius 3 is 2.81 bits per heavy atom. The molecule has 0 unspecified atom stereocenters. The van der Waals surface area contributed by atoms with Gasteiger partial charge in [-0.15, -0.1) is 10.2 Å². The number of halogens is 1. The fraction of sp³-hybridized carbons (Fsp3) is 0.526. The van der Waals surface area contributed by atoms with Gasteiger partial charge in [-0.25, -0.2) is 4.39 Å². The summed E-state index contributed by atoms with van der Waals surface area (Å²) >= 11 is 0. The number of rotatable bonds is 3. The van der Waals surface area contributed by atoms with Gasteiger partial charge in [0.2, 0.25) is 5.82 Å². The van der Waals surface area contributed by atoms with Crippen molar-refractivity contribution in [1.29, 1.82) is 0 Å². The number of piperidine rings is 1. The van der Waals surface area contributed by atoms with Gasteiger partial charge in [-0.3, -0.25) is 9.69 Å². The molecule has 1 N–H and O–H groups in total. The molecule has 138 valence electrons. The van der Waals surface area contributed by atoms with E-state index in [-0.39, 0.29) is 17.1 Å². The predicted molar refractivity (Wildman–Crippen MR) is 95.1 cm³/mol. The summed E-state index contributed by atoms with van der Waals surface area (Å²) in [5, 5.41) is 10.9. The summed E-state index contributed by atoms with van der Waals surface area (Å²) in [6, 6.07) is 6.85. The summed E-state index contributed by atoms with van der Waals surface area (Å²) in [5.41, 5.74) is 1.23. The zero-order valence-corrected chi connectivity index (χ0v) is 15.0. The molecule has 2 aromatic rings. The van der Waals surface area contributed by atoms with Crippen molar-refractivity contribution in [3.05, 3.63) is 47.3 Å². The fourth-order valence-corrected chi connectivity index (χ4v) is 4.24. The molecule has 0 saturated carbocycles. The lowest BCUT2D eigenvalue weighted by Gasteiger charge is -2.44. The maximum absolute atomic E-state index is 13.4. The Balaban J connectivity index is 1.43. The number of benzene rings is 1. The van der Waals surface area contributed by atoms with Gasteiger partial charge in [0, 0.05) is 26.6 Å². The molecule has 26 heavy (non-hydrogen) atoms. The van der Waals surface area contributed by atoms with Gasteiger partial charge in [0.1, 0.15) is 11.6 Å². The van der Waals surface area contributed by atoms with Crippen LogP contribution >= 0.6 is 0 Å². The monoisotopic (exact) mass is 357 g/mol. The molecule has 1 aromatic heterocycles. The SMILES string of the molecule is CNC(=O)c1nnc2n1CC1(CC2)CCN(Cc2cccc(F)c2)CC1. The summed E-state index contributed by atoms with van der Waals surface area (Å²) < 4.78 is 15.4. The van der Waals surface area contributed by atoms with Gasteiger partial charge in [-0.2, -0.15) is 0 Å². The Kier molecular flexibility index (Phi) is 4.48. The van der Waals surface area contributed by atoms with Crippen molar-refractivity contribution in [1.82, 2.24) is 25.0 Å². The summed E-state index contributed by atoms with van der Waals surface area (Å²) in [7, 11) is 1.62. The van der Waals surface area contributed by atoms with Crippen LogP contribution in [0.5, 0.6) is 0 Å². The topological polar surface area (TPSA) is 63.1 Å². The summed E-state index contributed by atoms with van der Waals surface area (Å²) in [6.07, 6.45) is 4.11. The molecule has 1 saturated heterocycles. The van der Waals surface area contributed by atoms with Crippen LogP contribution in [0, 0.1) is 11.2 Å². The van der Waals surface area contributed by atoms with E-state index in [9.17, 15) is 9.18 Å². The highest BCUT2D eigenvalue weighted by Crippen LogP contribution is 2.41. The van der Waals surface area contributed by atoms with Gasteiger partial charge in [0.15, 0.2) is 0 Å². The fourth-order valence-electron chi connectivity index (χ4n) is 4.24. The van der Waals surface area contributed by atoms with Crippen molar-refractivity contribution in [3.63, 3.8) is 0 Å². The van der Waals surface area contributed by atoms with E-state index >= 15 is 0 Å². The Morgan fingerprint density at radius 1 is 1.27 bits per heavy atom. The Morgan fingerprint density at radius 2 is 2.08 bits per heavy atom. The number of hydrogen-bond donors (Lipinski definition) is 1. The lowest BCUT2D eigenvalue weighted by molar-refractivity contribution is 0.0618. The molecule has 3 heterocycles. The largest absolute Gasteiger partial charge is 0.352 e. The normalized spacial score (nSPS) is 19.3. The Labute approximate surface area is 152 Å². The molecule has 7 heteroatoms. The van der Waals surface area contributed by atoms with Crippen LogP contribution in [0.25, 0.3) is 0 Å². The van der Waals surface area contributed by atoms with E-state index in [1.54, 1.807) is 19.2 Å². The van der Waals surface area contributed by atoms with E-state index in [0.29, 0.717) is 5.82 Å². The molecule has 4 rings (SSSR count). The molecule has 0 aliphatic carbocycles. The second-order valence-electron chi connectivity index (χ2n) is 7.51. The van der Waals surface area contributed by atoms with Crippen molar-refractivity contribution >= 4 is 5.91 Å². The number of likely N-dealkylation sites (tertiary alicyclic amines) is 1. The number of amides is 1. The molecule has 1 spiro atoms. The number of aryl methyl sites for hydroxylation is 1. The van der Waals surface area contributed by atoms with E-state index in [1.165, 1.54) is 6.07 Å². The number of fused-ring (bicyclic) bond motifs is 1. The van der Waals surface area contributed by atoms with Crippen molar-refractivity contribution in [2.24, 2.45) is 5.41 Å². The Bertz CT molecular complexity index is 810. The van der Waals surface area contributed by atoms with Crippen LogP contribution in [0.2, 0.25) is 0 Å². The molecular weight excluding hydrogens is 333 g/mol. The van der Waals surface area contributed by atoms with Crippen molar-refractivity contribution in [2.75, 3.05) is 20.1 Å². The number of nitrogens with zero attached hydrogens (tertiary/aromatic N) is 4. The van der Waals surface area contributed by atoms with Crippen LogP contribution in [-0.2, 0) is 19.5 Å². The van der Waals surface area contributed by atoms with E-state index in [0.717, 1.165) is 63.3 Å². The third-order valence-corrected chi connectivity index (χ3v) is 5.84. The minimum atomic E-state index is -0.177. The number of hydrogen-bond acceptors (Lipinski definition) is 4. The van der Waals surface area contributed by atoms with E-state index in [4.69, 9.17) is 0 Å². The van der Waals surface area contributed by atoms with E-state index in [2.05, 4.69) is 20.4 Å². The highest BCUT2D eigenvalue weighted by molar-refractivity contribution is 5.90. The van der Waals surface area contributed by atoms with Crippen LogP contribution in [0.4, 0.5) is 4.39 Å². The van der Waals surface area contributed by atoms with Crippen molar-refractivity contribution in [3.8, 4) is 0 Å². The molecular formula is C19H24FN5O. The third kappa shape index (κ3) is 3.23. The summed E-state index contributed by atoms with van der Waals surface area (Å²) in [6.45, 7) is 3.58. The van der Waals surface area contributed by atoms with E-state index in [1.807, 2.05) is 10.6 Å². The lowest BCUT2D eigenvalue weighted by Crippen LogP contribution is -2.44. The third-order valence-electron chi connectivity index (χ3n) is 5.84. The Hall–Kier alpha value is -2.28. The quantitative estimate of drug-likeness (QED) is 0.913. The van der Waals surface area contributed by atoms with Crippen LogP contribution < -0.4 is 5.32 Å². The highest BCUT2D eigenvalue weighted by atomic mass is 19.1. The molecule has 2 aliphatic rings. The van der Waals surface area contributed by atoms with Crippen LogP contribution in [-0.4, -0.2) is 45.7 Å². The van der Waals surface area contributed by atoms with Gasteiger partial charge in [-0.1, -0.05) is 12.1 Å². The zero-order valence-electron chi connectivity index (χ0n) is 15.0. The van der Waals surface area contributed by atoms with Gasteiger partial charge >= 0.3 is 0 Å². The van der Waals surface area contributed by atoms with Crippen LogP contribution in [0.1, 0.15) is 41.3 Å². The minimum Gasteiger partial charge on any atom is -0.352 e. The number of nitrogens with one attached hydrogen (secondary N) is 1. The first-order chi connectivity index (χ1) is 12.6. The molecule has 1 fully saturated rings. The second kappa shape index (κ2) is 6.79. The standard InChI is InChI=1S/C19H24FN5O/c1-21-18(26)17-23-22-16-5-6-19(13-25(16)17)7-9-24(10-8-19)12-14-3-2-4-15(20)11-14/h2-4,11H,5-10,12-13H2,1H3,(H,21,26). The minimum absolute atomic E-state index is 0.176. The average molecular weight is 357 g/mol. The molecule has 0 radical (unpaired) electrons. The molecule has 0 bridgehead atoms. The van der Waals surface area contributed by atoms with Crippen LogP contribution in [0.15, 0.2) is 24.3 Å².